The molecule has 0 aromatic heterocycles. The predicted molar refractivity (Wildman–Crippen MR) is 124 cm³/mol. The lowest BCUT2D eigenvalue weighted by molar-refractivity contribution is -0.177. The number of aromatic hydroxyl groups is 1. The number of fused-ring (bicyclic) bond motifs is 3. The van der Waals surface area contributed by atoms with Crippen molar-refractivity contribution in [2.75, 3.05) is 14.1 Å². The van der Waals surface area contributed by atoms with Gasteiger partial charge in [0, 0.05) is 17.6 Å². The number of hydrogen-bond acceptors (Lipinski definition) is 10. The number of benzene rings is 1. The summed E-state index contributed by atoms with van der Waals surface area (Å²) in [5.74, 6) is -10.2. The van der Waals surface area contributed by atoms with Gasteiger partial charge in [-0.15, -0.1) is 0 Å². The topological polar surface area (TPSA) is 188 Å². The highest BCUT2D eigenvalue weighted by atomic mass is 16.5. The molecule has 4 rings (SSSR count). The zero-order valence-corrected chi connectivity index (χ0v) is 19.8. The third-order valence-electron chi connectivity index (χ3n) is 7.39. The highest BCUT2D eigenvalue weighted by molar-refractivity contribution is 6.25. The van der Waals surface area contributed by atoms with E-state index in [1.165, 1.54) is 31.1 Å². The van der Waals surface area contributed by atoms with Crippen LogP contribution in [0.3, 0.4) is 0 Å². The van der Waals surface area contributed by atoms with Crippen LogP contribution in [-0.4, -0.2) is 80.6 Å². The highest BCUT2D eigenvalue weighted by Gasteiger charge is 2.68. The summed E-state index contributed by atoms with van der Waals surface area (Å²) in [6, 6.07) is 3.05. The Morgan fingerprint density at radius 1 is 1.19 bits per heavy atom. The van der Waals surface area contributed by atoms with Crippen molar-refractivity contribution in [3.8, 4) is 5.75 Å². The Bertz CT molecular complexity index is 1290. The second kappa shape index (κ2) is 8.32. The molecule has 1 aromatic carbocycles. The maximum Gasteiger partial charge on any atom is 0.330 e. The largest absolute Gasteiger partial charge is 0.510 e. The molecule has 11 heteroatoms. The number of nitrogens with zero attached hydrogens (tertiary/aromatic N) is 1. The fourth-order valence-electron chi connectivity index (χ4n) is 5.88. The number of rotatable bonds is 4. The molecule has 0 saturated heterocycles. The molecule has 3 aliphatic rings. The number of likely N-dealkylation sites (N-methyl/N-ethyl adjacent to an activating group) is 1. The minimum atomic E-state index is -2.97. The number of carbonyl (C=O) groups excluding carboxylic acids is 4. The number of primary amides is 1. The second-order valence-corrected chi connectivity index (χ2v) is 9.41. The van der Waals surface area contributed by atoms with Crippen molar-refractivity contribution >= 4 is 23.4 Å². The molecule has 6 N–H and O–H groups in total. The number of esters is 1. The van der Waals surface area contributed by atoms with E-state index in [0.29, 0.717) is 5.56 Å². The Hall–Kier alpha value is -3.96. The number of carbonyl (C=O) groups is 4. The Labute approximate surface area is 205 Å². The molecule has 0 bridgehead atoms. The van der Waals surface area contributed by atoms with Crippen LogP contribution in [0.2, 0.25) is 0 Å². The molecule has 3 aliphatic carbocycles. The standard InChI is InChI=1S/C25H26N2O9/c1-5-12(29)36-21-13-9(2)10-7-6-8-11(28)14(10)19(30)15(13)22(32)25(35)17(21)18(27(3)4)20(31)16(23(25)33)24(26)34/h5-9,13,17-18,21,28,31-32,35H,1H2,2-4H3,(H2,26,34). The van der Waals surface area contributed by atoms with E-state index in [1.54, 1.807) is 13.0 Å². The number of nitrogens with two attached hydrogens (primary N) is 1. The number of phenolic OH excluding ortho intramolecular Hbond substituents is 1. The fourth-order valence-corrected chi connectivity index (χ4v) is 5.88. The van der Waals surface area contributed by atoms with Crippen LogP contribution in [0.25, 0.3) is 0 Å². The van der Waals surface area contributed by atoms with Gasteiger partial charge >= 0.3 is 5.97 Å². The van der Waals surface area contributed by atoms with Crippen molar-refractivity contribution < 1.29 is 44.3 Å². The minimum absolute atomic E-state index is 0.139. The third-order valence-corrected chi connectivity index (χ3v) is 7.39. The number of phenols is 1. The number of amides is 1. The Balaban J connectivity index is 2.12. The lowest BCUT2D eigenvalue weighted by Gasteiger charge is -2.54. The lowest BCUT2D eigenvalue weighted by Crippen LogP contribution is -2.69. The van der Waals surface area contributed by atoms with E-state index in [1.807, 2.05) is 0 Å². The van der Waals surface area contributed by atoms with Crippen molar-refractivity contribution in [3.05, 3.63) is 64.6 Å². The molecule has 0 spiro atoms. The van der Waals surface area contributed by atoms with Crippen LogP contribution in [-0.2, 0) is 19.1 Å². The van der Waals surface area contributed by atoms with Gasteiger partial charge in [-0.1, -0.05) is 25.6 Å². The summed E-state index contributed by atoms with van der Waals surface area (Å²) >= 11 is 0. The molecule has 11 nitrogen and oxygen atoms in total. The number of aliphatic hydroxyl groups excluding tert-OH is 2. The number of ketones is 2. The molecular weight excluding hydrogens is 472 g/mol. The average molecular weight is 498 g/mol. The molecule has 6 atom stereocenters. The first kappa shape index (κ1) is 25.1. The Morgan fingerprint density at radius 2 is 1.83 bits per heavy atom. The van der Waals surface area contributed by atoms with Crippen molar-refractivity contribution in [3.63, 3.8) is 0 Å². The molecule has 36 heavy (non-hydrogen) atoms. The van der Waals surface area contributed by atoms with Crippen molar-refractivity contribution in [1.29, 1.82) is 0 Å². The summed E-state index contributed by atoms with van der Waals surface area (Å²) in [4.78, 5) is 53.1. The van der Waals surface area contributed by atoms with Crippen molar-refractivity contribution in [2.24, 2.45) is 17.6 Å². The van der Waals surface area contributed by atoms with Gasteiger partial charge in [0.1, 0.15) is 28.9 Å². The minimum Gasteiger partial charge on any atom is -0.510 e. The maximum atomic E-state index is 13.6. The summed E-state index contributed by atoms with van der Waals surface area (Å²) in [6.07, 6.45) is -0.611. The average Bonchev–Trinajstić information content (AvgIpc) is 2.80. The summed E-state index contributed by atoms with van der Waals surface area (Å²) in [6.45, 7) is 5.04. The number of aliphatic hydroxyl groups is 3. The molecule has 1 amide bonds. The van der Waals surface area contributed by atoms with Crippen LogP contribution in [0.15, 0.2) is 53.5 Å². The second-order valence-electron chi connectivity index (χ2n) is 9.41. The van der Waals surface area contributed by atoms with E-state index in [2.05, 4.69) is 6.58 Å². The Kier molecular flexibility index (Phi) is 5.81. The van der Waals surface area contributed by atoms with Gasteiger partial charge in [-0.2, -0.15) is 0 Å². The van der Waals surface area contributed by atoms with Crippen LogP contribution >= 0.6 is 0 Å². The van der Waals surface area contributed by atoms with Crippen LogP contribution < -0.4 is 5.73 Å². The smallest absolute Gasteiger partial charge is 0.330 e. The van der Waals surface area contributed by atoms with Crippen molar-refractivity contribution in [2.45, 2.75) is 30.6 Å². The molecule has 0 saturated carbocycles. The van der Waals surface area contributed by atoms with Gasteiger partial charge in [-0.25, -0.2) is 4.79 Å². The normalized spacial score (nSPS) is 31.5. The number of Topliss-reactive ketones (excluding diaryl/α,β-unsaturated/α-hetero) is 2. The maximum absolute atomic E-state index is 13.6. The van der Waals surface area contributed by atoms with E-state index in [9.17, 15) is 39.6 Å². The van der Waals surface area contributed by atoms with Crippen LogP contribution in [0.4, 0.5) is 0 Å². The summed E-state index contributed by atoms with van der Waals surface area (Å²) < 4.78 is 5.62. The van der Waals surface area contributed by atoms with Crippen LogP contribution in [0.5, 0.6) is 5.75 Å². The van der Waals surface area contributed by atoms with Gasteiger partial charge in [0.05, 0.1) is 17.5 Å². The predicted octanol–water partition coefficient (Wildman–Crippen LogP) is 0.389. The van der Waals surface area contributed by atoms with Crippen LogP contribution in [0.1, 0.15) is 28.8 Å². The van der Waals surface area contributed by atoms with E-state index >= 15 is 0 Å². The molecule has 6 unspecified atom stereocenters. The quantitative estimate of drug-likeness (QED) is 0.221. The molecule has 0 heterocycles. The van der Waals surface area contributed by atoms with E-state index in [4.69, 9.17) is 10.5 Å². The van der Waals surface area contributed by atoms with Gasteiger partial charge in [0.2, 0.25) is 5.78 Å². The monoisotopic (exact) mass is 498 g/mol. The number of ether oxygens (including phenoxy) is 1. The molecule has 0 fully saturated rings. The SMILES string of the molecule is C=CC(=O)OC1C2C(=C(O)C3(O)C(=O)C(C(N)=O)=C(O)C(N(C)C)C13)C(=O)c1c(O)cccc1C2C. The zero-order chi connectivity index (χ0) is 26.9. The van der Waals surface area contributed by atoms with Crippen LogP contribution in [0, 0.1) is 11.8 Å². The highest BCUT2D eigenvalue weighted by Crippen LogP contribution is 2.56. The fraction of sp³-hybridized carbons (Fsp3) is 0.360. The first-order valence-corrected chi connectivity index (χ1v) is 11.1. The van der Waals surface area contributed by atoms with E-state index in [-0.39, 0.29) is 11.3 Å². The van der Waals surface area contributed by atoms with E-state index < -0.39 is 81.6 Å². The van der Waals surface area contributed by atoms with Gasteiger partial charge in [-0.05, 0) is 31.6 Å². The van der Waals surface area contributed by atoms with Crippen molar-refractivity contribution in [1.82, 2.24) is 4.90 Å². The summed E-state index contributed by atoms with van der Waals surface area (Å²) in [7, 11) is 2.95. The molecule has 190 valence electrons. The molecular formula is C25H26N2O9. The first-order chi connectivity index (χ1) is 16.8. The molecule has 0 aliphatic heterocycles. The molecule has 0 radical (unpaired) electrons. The van der Waals surface area contributed by atoms with Gasteiger partial charge in [0.25, 0.3) is 5.91 Å². The van der Waals surface area contributed by atoms with E-state index in [0.717, 1.165) is 6.08 Å². The van der Waals surface area contributed by atoms with Gasteiger partial charge in [-0.3, -0.25) is 19.3 Å². The zero-order valence-electron chi connectivity index (χ0n) is 19.8. The first-order valence-electron chi connectivity index (χ1n) is 11.1. The van der Waals surface area contributed by atoms with Gasteiger partial charge in [0.15, 0.2) is 11.4 Å². The number of hydrogen-bond donors (Lipinski definition) is 5. The Morgan fingerprint density at radius 3 is 2.39 bits per heavy atom. The lowest BCUT2D eigenvalue weighted by atomic mass is 9.55. The van der Waals surface area contributed by atoms with Gasteiger partial charge < -0.3 is 30.9 Å². The summed E-state index contributed by atoms with van der Waals surface area (Å²) in [5.41, 5.74) is 1.22. The third kappa shape index (κ3) is 3.12. The summed E-state index contributed by atoms with van der Waals surface area (Å²) in [5, 5.41) is 44.6. The molecule has 1 aromatic rings.